The van der Waals surface area contributed by atoms with Gasteiger partial charge in [-0.25, -0.2) is 13.9 Å². The number of benzene rings is 2. The molecule has 144 valence electrons. The van der Waals surface area contributed by atoms with E-state index in [4.69, 9.17) is 0 Å². The van der Waals surface area contributed by atoms with Crippen LogP contribution in [-0.2, 0) is 6.54 Å². The summed E-state index contributed by atoms with van der Waals surface area (Å²) in [5, 5.41) is 17.1. The maximum absolute atomic E-state index is 13.8. The Morgan fingerprint density at radius 2 is 1.93 bits per heavy atom. The van der Waals surface area contributed by atoms with Gasteiger partial charge >= 0.3 is 5.97 Å². The molecule has 0 aliphatic heterocycles. The van der Waals surface area contributed by atoms with E-state index in [0.717, 1.165) is 11.3 Å². The molecule has 0 spiro atoms. The zero-order valence-corrected chi connectivity index (χ0v) is 15.3. The van der Waals surface area contributed by atoms with Crippen LogP contribution in [0.2, 0.25) is 0 Å². The summed E-state index contributed by atoms with van der Waals surface area (Å²) in [6.07, 6.45) is 4.74. The highest BCUT2D eigenvalue weighted by atomic mass is 19.1. The largest absolute Gasteiger partial charge is 0.478 e. The minimum absolute atomic E-state index is 0.128. The van der Waals surface area contributed by atoms with Crippen LogP contribution in [0.4, 0.5) is 10.1 Å². The van der Waals surface area contributed by atoms with Gasteiger partial charge in [-0.3, -0.25) is 4.98 Å². The molecule has 2 heterocycles. The maximum atomic E-state index is 13.8. The smallest absolute Gasteiger partial charge is 0.337 e. The van der Waals surface area contributed by atoms with E-state index in [9.17, 15) is 14.3 Å². The van der Waals surface area contributed by atoms with E-state index in [-0.39, 0.29) is 11.4 Å². The number of para-hydroxylation sites is 1. The molecule has 6 nitrogen and oxygen atoms in total. The van der Waals surface area contributed by atoms with Crippen molar-refractivity contribution in [3.8, 4) is 16.9 Å². The van der Waals surface area contributed by atoms with Crippen molar-refractivity contribution in [3.63, 3.8) is 0 Å². The van der Waals surface area contributed by atoms with Crippen molar-refractivity contribution in [2.24, 2.45) is 0 Å². The fourth-order valence-electron chi connectivity index (χ4n) is 3.04. The number of halogens is 1. The van der Waals surface area contributed by atoms with Gasteiger partial charge in [0.2, 0.25) is 0 Å². The molecule has 0 saturated carbocycles. The number of carboxylic acids is 1. The Morgan fingerprint density at radius 1 is 1.10 bits per heavy atom. The lowest BCUT2D eigenvalue weighted by atomic mass is 10.1. The van der Waals surface area contributed by atoms with Gasteiger partial charge in [0.1, 0.15) is 5.82 Å². The molecule has 0 atom stereocenters. The molecule has 0 amide bonds. The molecule has 0 saturated heterocycles. The van der Waals surface area contributed by atoms with Crippen LogP contribution in [0.25, 0.3) is 16.9 Å². The van der Waals surface area contributed by atoms with E-state index in [1.54, 1.807) is 16.8 Å². The standard InChI is InChI=1S/C22H17FN4O2/c23-17-6-4-5-15(11-17)21-16(14-27(26-21)18-7-2-1-3-8-18)12-25-20-13-24-10-9-19(20)22(28)29/h1-11,13-14,25H,12H2,(H,28,29). The average Bonchev–Trinajstić information content (AvgIpc) is 3.17. The third-order valence-corrected chi connectivity index (χ3v) is 4.43. The lowest BCUT2D eigenvalue weighted by Crippen LogP contribution is -2.07. The van der Waals surface area contributed by atoms with Gasteiger partial charge in [-0.15, -0.1) is 0 Å². The van der Waals surface area contributed by atoms with Gasteiger partial charge in [-0.05, 0) is 30.3 Å². The maximum Gasteiger partial charge on any atom is 0.337 e. The Hall–Kier alpha value is -4.00. The second kappa shape index (κ2) is 7.93. The predicted octanol–water partition coefficient (Wildman–Crippen LogP) is 4.38. The molecule has 4 rings (SSSR count). The number of carboxylic acid groups (broad SMARTS) is 1. The average molecular weight is 388 g/mol. The van der Waals surface area contributed by atoms with Crippen LogP contribution in [0.15, 0.2) is 79.3 Å². The highest BCUT2D eigenvalue weighted by Crippen LogP contribution is 2.26. The van der Waals surface area contributed by atoms with Gasteiger partial charge in [-0.1, -0.05) is 30.3 Å². The van der Waals surface area contributed by atoms with Crippen molar-refractivity contribution in [2.75, 3.05) is 5.32 Å². The summed E-state index contributed by atoms with van der Waals surface area (Å²) in [5.74, 6) is -1.39. The topological polar surface area (TPSA) is 80.0 Å². The molecule has 0 bridgehead atoms. The summed E-state index contributed by atoms with van der Waals surface area (Å²) >= 11 is 0. The minimum Gasteiger partial charge on any atom is -0.478 e. The van der Waals surface area contributed by atoms with Crippen LogP contribution in [0, 0.1) is 5.82 Å². The summed E-state index contributed by atoms with van der Waals surface area (Å²) in [7, 11) is 0. The first-order valence-electron chi connectivity index (χ1n) is 8.93. The summed E-state index contributed by atoms with van der Waals surface area (Å²) in [5.41, 5.74) is 3.44. The van der Waals surface area contributed by atoms with Gasteiger partial charge in [0.15, 0.2) is 0 Å². The minimum atomic E-state index is -1.04. The molecular formula is C22H17FN4O2. The summed E-state index contributed by atoms with van der Waals surface area (Å²) in [6, 6.07) is 17.2. The highest BCUT2D eigenvalue weighted by Gasteiger charge is 2.15. The molecule has 7 heteroatoms. The van der Waals surface area contributed by atoms with Crippen molar-refractivity contribution < 1.29 is 14.3 Å². The molecule has 2 N–H and O–H groups in total. The predicted molar refractivity (Wildman–Crippen MR) is 107 cm³/mol. The van der Waals surface area contributed by atoms with Crippen LogP contribution in [0.3, 0.4) is 0 Å². The van der Waals surface area contributed by atoms with E-state index in [0.29, 0.717) is 23.5 Å². The highest BCUT2D eigenvalue weighted by molar-refractivity contribution is 5.93. The zero-order valence-electron chi connectivity index (χ0n) is 15.3. The molecule has 29 heavy (non-hydrogen) atoms. The van der Waals surface area contributed by atoms with Crippen molar-refractivity contribution in [3.05, 3.63) is 96.2 Å². The Bertz CT molecular complexity index is 1160. The van der Waals surface area contributed by atoms with E-state index < -0.39 is 5.97 Å². The van der Waals surface area contributed by atoms with E-state index in [1.807, 2.05) is 36.5 Å². The quantitative estimate of drug-likeness (QED) is 0.512. The number of pyridine rings is 1. The molecule has 2 aromatic heterocycles. The molecule has 0 aliphatic rings. The van der Waals surface area contributed by atoms with E-state index >= 15 is 0 Å². The van der Waals surface area contributed by atoms with Crippen molar-refractivity contribution in [1.29, 1.82) is 0 Å². The summed E-state index contributed by atoms with van der Waals surface area (Å²) in [6.45, 7) is 0.296. The number of aromatic carboxylic acids is 1. The molecule has 2 aromatic carbocycles. The molecular weight excluding hydrogens is 371 g/mol. The van der Waals surface area contributed by atoms with Crippen LogP contribution in [-0.4, -0.2) is 25.8 Å². The number of hydrogen-bond donors (Lipinski definition) is 2. The first kappa shape index (κ1) is 18.4. The van der Waals surface area contributed by atoms with Crippen LogP contribution in [0.5, 0.6) is 0 Å². The van der Waals surface area contributed by atoms with Gasteiger partial charge < -0.3 is 10.4 Å². The molecule has 0 fully saturated rings. The SMILES string of the molecule is O=C(O)c1ccncc1NCc1cn(-c2ccccc2)nc1-c1cccc(F)c1. The van der Waals surface area contributed by atoms with Gasteiger partial charge in [-0.2, -0.15) is 5.10 Å². The molecule has 4 aromatic rings. The number of nitrogens with zero attached hydrogens (tertiary/aromatic N) is 3. The Labute approximate surface area is 166 Å². The second-order valence-corrected chi connectivity index (χ2v) is 6.37. The Balaban J connectivity index is 1.72. The van der Waals surface area contributed by atoms with Crippen molar-refractivity contribution >= 4 is 11.7 Å². The Morgan fingerprint density at radius 3 is 2.69 bits per heavy atom. The third-order valence-electron chi connectivity index (χ3n) is 4.43. The Kier molecular flexibility index (Phi) is 5.03. The number of hydrogen-bond acceptors (Lipinski definition) is 4. The van der Waals surface area contributed by atoms with Crippen molar-refractivity contribution in [2.45, 2.75) is 6.54 Å². The first-order chi connectivity index (χ1) is 14.1. The number of carbonyl (C=O) groups is 1. The molecule has 0 unspecified atom stereocenters. The number of anilines is 1. The fourth-order valence-corrected chi connectivity index (χ4v) is 3.04. The summed E-state index contributed by atoms with van der Waals surface area (Å²) < 4.78 is 15.5. The van der Waals surface area contributed by atoms with Crippen LogP contribution >= 0.6 is 0 Å². The normalized spacial score (nSPS) is 10.7. The van der Waals surface area contributed by atoms with Gasteiger partial charge in [0, 0.05) is 30.1 Å². The van der Waals surface area contributed by atoms with Crippen LogP contribution in [0.1, 0.15) is 15.9 Å². The third kappa shape index (κ3) is 3.98. The lowest BCUT2D eigenvalue weighted by Gasteiger charge is -2.09. The molecule has 0 aliphatic carbocycles. The number of rotatable bonds is 6. The first-order valence-corrected chi connectivity index (χ1v) is 8.93. The van der Waals surface area contributed by atoms with E-state index in [2.05, 4.69) is 15.4 Å². The number of nitrogens with one attached hydrogen (secondary N) is 1. The van der Waals surface area contributed by atoms with Crippen molar-refractivity contribution in [1.82, 2.24) is 14.8 Å². The second-order valence-electron chi connectivity index (χ2n) is 6.37. The number of aromatic nitrogens is 3. The summed E-state index contributed by atoms with van der Waals surface area (Å²) in [4.78, 5) is 15.4. The fraction of sp³-hybridized carbons (Fsp3) is 0.0455. The lowest BCUT2D eigenvalue weighted by molar-refractivity contribution is 0.0697. The molecule has 0 radical (unpaired) electrons. The zero-order chi connectivity index (χ0) is 20.2. The van der Waals surface area contributed by atoms with Gasteiger partial charge in [0.25, 0.3) is 0 Å². The van der Waals surface area contributed by atoms with E-state index in [1.165, 1.54) is 30.6 Å². The monoisotopic (exact) mass is 388 g/mol. The van der Waals surface area contributed by atoms with Crippen LogP contribution < -0.4 is 5.32 Å². The van der Waals surface area contributed by atoms with Gasteiger partial charge in [0.05, 0.1) is 28.8 Å².